The van der Waals surface area contributed by atoms with Gasteiger partial charge in [0, 0.05) is 32.2 Å². The molecule has 1 aromatic rings. The summed E-state index contributed by atoms with van der Waals surface area (Å²) in [6.07, 6.45) is 5.30. The van der Waals surface area contributed by atoms with Gasteiger partial charge in [-0.1, -0.05) is 12.8 Å². The normalized spacial score (nSPS) is 23.0. The van der Waals surface area contributed by atoms with E-state index in [-0.39, 0.29) is 5.69 Å². The van der Waals surface area contributed by atoms with Crippen LogP contribution in [-0.4, -0.2) is 37.1 Å². The van der Waals surface area contributed by atoms with Crippen molar-refractivity contribution in [2.75, 3.05) is 36.8 Å². The van der Waals surface area contributed by atoms with Crippen molar-refractivity contribution >= 4 is 11.4 Å². The summed E-state index contributed by atoms with van der Waals surface area (Å²) in [4.78, 5) is 27.1. The molecule has 1 aliphatic carbocycles. The molecule has 0 amide bonds. The molecule has 1 aromatic carbocycles. The number of hydrogen-bond donors (Lipinski definition) is 1. The third-order valence-electron chi connectivity index (χ3n) is 4.39. The summed E-state index contributed by atoms with van der Waals surface area (Å²) in [6, 6.07) is 0.734. The van der Waals surface area contributed by atoms with Gasteiger partial charge in [-0.15, -0.1) is 0 Å². The van der Waals surface area contributed by atoms with Crippen LogP contribution in [0.2, 0.25) is 0 Å². The third kappa shape index (κ3) is 1.73. The van der Waals surface area contributed by atoms with Crippen LogP contribution in [0, 0.1) is 0 Å². The maximum absolute atomic E-state index is 11.5. The Hall–Kier alpha value is -1.36. The summed E-state index contributed by atoms with van der Waals surface area (Å²) in [5, 5.41) is 0. The van der Waals surface area contributed by atoms with Crippen LogP contribution in [0.1, 0.15) is 25.7 Å². The highest BCUT2D eigenvalue weighted by Crippen LogP contribution is 2.26. The van der Waals surface area contributed by atoms with Gasteiger partial charge in [0.25, 0.3) is 10.9 Å². The molecule has 2 aliphatic rings. The van der Waals surface area contributed by atoms with E-state index in [0.29, 0.717) is 5.69 Å². The Morgan fingerprint density at radius 3 is 2.11 bits per heavy atom. The van der Waals surface area contributed by atoms with Gasteiger partial charge in [0.1, 0.15) is 11.4 Å². The van der Waals surface area contributed by atoms with Gasteiger partial charge in [-0.3, -0.25) is 14.5 Å². The maximum atomic E-state index is 11.5. The van der Waals surface area contributed by atoms with Crippen molar-refractivity contribution in [2.45, 2.75) is 31.7 Å². The molecule has 1 heterocycles. The third-order valence-corrected chi connectivity index (χ3v) is 4.39. The van der Waals surface area contributed by atoms with Gasteiger partial charge in [-0.25, -0.2) is 0 Å². The largest absolute Gasteiger partial charge is 0.394 e. The van der Waals surface area contributed by atoms with Crippen molar-refractivity contribution in [2.24, 2.45) is 0 Å². The lowest BCUT2D eigenvalue weighted by atomic mass is 10.1. The van der Waals surface area contributed by atoms with Crippen LogP contribution in [-0.2, 0) is 0 Å². The second-order valence-electron chi connectivity index (χ2n) is 5.38. The molecule has 0 unspecified atom stereocenters. The molecule has 3 rings (SSSR count). The fraction of sp³-hybridized carbons (Fsp3) is 0.692. The molecule has 1 saturated heterocycles. The first-order chi connectivity index (χ1) is 8.68. The topological polar surface area (TPSA) is 66.6 Å². The van der Waals surface area contributed by atoms with E-state index in [1.54, 1.807) is 0 Å². The summed E-state index contributed by atoms with van der Waals surface area (Å²) in [5.41, 5.74) is 5.31. The lowest BCUT2D eigenvalue weighted by Gasteiger charge is -2.39. The highest BCUT2D eigenvalue weighted by molar-refractivity contribution is 5.72. The van der Waals surface area contributed by atoms with E-state index in [2.05, 4.69) is 4.90 Å². The van der Waals surface area contributed by atoms with Gasteiger partial charge in [0.05, 0.1) is 0 Å². The Morgan fingerprint density at radius 1 is 0.944 bits per heavy atom. The van der Waals surface area contributed by atoms with Gasteiger partial charge >= 0.3 is 0 Å². The maximum Gasteiger partial charge on any atom is 0.253 e. The molecule has 1 aliphatic heterocycles. The predicted molar refractivity (Wildman–Crippen MR) is 71.8 cm³/mol. The minimum Gasteiger partial charge on any atom is -0.394 e. The number of nitrogens with two attached hydrogens (primary N) is 1. The highest BCUT2D eigenvalue weighted by Gasteiger charge is 2.30. The second kappa shape index (κ2) is 4.39. The summed E-state index contributed by atoms with van der Waals surface area (Å²) in [6.45, 7) is 3.57. The SMILES string of the molecule is Nc1c(N2CCN(C3CCCC3)CC2)c(=O)c1=O. The molecule has 0 bridgehead atoms. The zero-order valence-electron chi connectivity index (χ0n) is 10.5. The number of nitrogens with zero attached hydrogens (tertiary/aromatic N) is 2. The Morgan fingerprint density at radius 2 is 1.56 bits per heavy atom. The van der Waals surface area contributed by atoms with Gasteiger partial charge < -0.3 is 10.6 Å². The molecule has 1 saturated carbocycles. The van der Waals surface area contributed by atoms with E-state index in [0.717, 1.165) is 32.2 Å². The monoisotopic (exact) mass is 249 g/mol. The Bertz CT molecular complexity index is 504. The standard InChI is InChI=1S/C13H19N3O2/c14-10-11(13(18)12(10)17)16-7-5-15(6-8-16)9-3-1-2-4-9/h9H,1-8,14H2. The molecule has 18 heavy (non-hydrogen) atoms. The summed E-state index contributed by atoms with van der Waals surface area (Å²) < 4.78 is 0. The Kier molecular flexibility index (Phi) is 2.86. The van der Waals surface area contributed by atoms with Crippen molar-refractivity contribution in [3.63, 3.8) is 0 Å². The lowest BCUT2D eigenvalue weighted by molar-refractivity contribution is 0.187. The van der Waals surface area contributed by atoms with E-state index in [1.165, 1.54) is 25.7 Å². The average molecular weight is 249 g/mol. The number of rotatable bonds is 2. The minimum absolute atomic E-state index is 0.161. The van der Waals surface area contributed by atoms with Crippen molar-refractivity contribution in [3.05, 3.63) is 20.4 Å². The zero-order chi connectivity index (χ0) is 12.7. The summed E-state index contributed by atoms with van der Waals surface area (Å²) in [5.74, 6) is 0. The second-order valence-corrected chi connectivity index (χ2v) is 5.38. The fourth-order valence-corrected chi connectivity index (χ4v) is 3.29. The van der Waals surface area contributed by atoms with Crippen molar-refractivity contribution in [3.8, 4) is 0 Å². The van der Waals surface area contributed by atoms with Gasteiger partial charge in [-0.05, 0) is 12.8 Å². The Labute approximate surface area is 106 Å². The smallest absolute Gasteiger partial charge is 0.253 e. The average Bonchev–Trinajstić information content (AvgIpc) is 2.93. The van der Waals surface area contributed by atoms with Crippen molar-refractivity contribution in [1.29, 1.82) is 0 Å². The summed E-state index contributed by atoms with van der Waals surface area (Å²) in [7, 11) is 0. The van der Waals surface area contributed by atoms with Crippen LogP contribution in [0.4, 0.5) is 11.4 Å². The van der Waals surface area contributed by atoms with Crippen LogP contribution in [0.3, 0.4) is 0 Å². The fourth-order valence-electron chi connectivity index (χ4n) is 3.29. The van der Waals surface area contributed by atoms with E-state index in [1.807, 2.05) is 4.90 Å². The zero-order valence-corrected chi connectivity index (χ0v) is 10.5. The van der Waals surface area contributed by atoms with Gasteiger partial charge in [0.15, 0.2) is 0 Å². The number of piperazine rings is 1. The van der Waals surface area contributed by atoms with Gasteiger partial charge in [-0.2, -0.15) is 0 Å². The molecule has 0 radical (unpaired) electrons. The molecule has 5 heteroatoms. The molecule has 2 fully saturated rings. The van der Waals surface area contributed by atoms with Crippen LogP contribution in [0.5, 0.6) is 0 Å². The predicted octanol–water partition coefficient (Wildman–Crippen LogP) is -0.0706. The number of anilines is 2. The van der Waals surface area contributed by atoms with Crippen molar-refractivity contribution in [1.82, 2.24) is 4.90 Å². The van der Waals surface area contributed by atoms with E-state index >= 15 is 0 Å². The van der Waals surface area contributed by atoms with Gasteiger partial charge in [0.2, 0.25) is 0 Å². The molecule has 0 spiro atoms. The molecule has 0 atom stereocenters. The highest BCUT2D eigenvalue weighted by atomic mass is 16.2. The molecular formula is C13H19N3O2. The quantitative estimate of drug-likeness (QED) is 0.743. The summed E-state index contributed by atoms with van der Waals surface area (Å²) >= 11 is 0. The number of hydrogen-bond acceptors (Lipinski definition) is 5. The molecular weight excluding hydrogens is 230 g/mol. The first-order valence-corrected chi connectivity index (χ1v) is 6.76. The molecule has 0 aromatic heterocycles. The van der Waals surface area contributed by atoms with E-state index in [9.17, 15) is 9.59 Å². The molecule has 98 valence electrons. The number of nitrogen functional groups attached to an aromatic ring is 1. The molecule has 5 nitrogen and oxygen atoms in total. The van der Waals surface area contributed by atoms with Crippen LogP contribution in [0.15, 0.2) is 9.59 Å². The first kappa shape index (κ1) is 11.7. The molecule has 2 N–H and O–H groups in total. The van der Waals surface area contributed by atoms with Crippen LogP contribution >= 0.6 is 0 Å². The Balaban J connectivity index is 1.63. The van der Waals surface area contributed by atoms with E-state index in [4.69, 9.17) is 5.73 Å². The van der Waals surface area contributed by atoms with E-state index < -0.39 is 10.9 Å². The minimum atomic E-state index is -0.511. The van der Waals surface area contributed by atoms with Crippen LogP contribution < -0.4 is 21.5 Å². The lowest BCUT2D eigenvalue weighted by Crippen LogP contribution is -2.53. The first-order valence-electron chi connectivity index (χ1n) is 6.76. The van der Waals surface area contributed by atoms with Crippen molar-refractivity contribution < 1.29 is 0 Å². The van der Waals surface area contributed by atoms with Crippen LogP contribution in [0.25, 0.3) is 0 Å².